The van der Waals surface area contributed by atoms with Gasteiger partial charge in [-0.1, -0.05) is 12.1 Å². The lowest BCUT2D eigenvalue weighted by Crippen LogP contribution is -2.24. The van der Waals surface area contributed by atoms with E-state index < -0.39 is 11.4 Å². The molecular weight excluding hydrogens is 218 g/mol. The van der Waals surface area contributed by atoms with Gasteiger partial charge in [-0.05, 0) is 31.9 Å². The molecule has 0 saturated heterocycles. The zero-order valence-electron chi connectivity index (χ0n) is 9.90. The minimum atomic E-state index is -0.709. The van der Waals surface area contributed by atoms with E-state index in [2.05, 4.69) is 5.32 Å². The van der Waals surface area contributed by atoms with Gasteiger partial charge in [-0.2, -0.15) is 0 Å². The maximum atomic E-state index is 11.0. The fourth-order valence-electron chi connectivity index (χ4n) is 1.78. The van der Waals surface area contributed by atoms with Gasteiger partial charge in [0, 0.05) is 6.54 Å². The predicted octanol–water partition coefficient (Wildman–Crippen LogP) is 2.36. The van der Waals surface area contributed by atoms with Crippen LogP contribution in [0, 0.1) is 5.41 Å². The number of carbonyl (C=O) groups is 1. The van der Waals surface area contributed by atoms with Crippen LogP contribution >= 0.6 is 0 Å². The second-order valence-electron chi connectivity index (χ2n) is 4.37. The van der Waals surface area contributed by atoms with Crippen LogP contribution < -0.4 is 10.1 Å². The number of rotatable bonds is 6. The molecule has 1 fully saturated rings. The average molecular weight is 235 g/mol. The highest BCUT2D eigenvalue weighted by Crippen LogP contribution is 2.46. The zero-order valence-corrected chi connectivity index (χ0v) is 9.90. The lowest BCUT2D eigenvalue weighted by Gasteiger charge is -2.15. The number of para-hydroxylation sites is 2. The Labute approximate surface area is 101 Å². The van der Waals surface area contributed by atoms with E-state index in [1.165, 1.54) is 0 Å². The van der Waals surface area contributed by atoms with Crippen LogP contribution in [-0.2, 0) is 4.79 Å². The van der Waals surface area contributed by atoms with Gasteiger partial charge in [0.05, 0.1) is 17.7 Å². The molecule has 0 amide bonds. The second-order valence-corrected chi connectivity index (χ2v) is 4.37. The van der Waals surface area contributed by atoms with Crippen LogP contribution in [0.4, 0.5) is 5.69 Å². The lowest BCUT2D eigenvalue weighted by molar-refractivity contribution is -0.142. The summed E-state index contributed by atoms with van der Waals surface area (Å²) in [5.41, 5.74) is 0.307. The number of aliphatic carboxylic acids is 1. The monoisotopic (exact) mass is 235 g/mol. The normalized spacial score (nSPS) is 16.3. The van der Waals surface area contributed by atoms with Crippen molar-refractivity contribution in [1.82, 2.24) is 0 Å². The summed E-state index contributed by atoms with van der Waals surface area (Å²) in [6, 6.07) is 7.60. The van der Waals surface area contributed by atoms with Crippen molar-refractivity contribution < 1.29 is 14.6 Å². The van der Waals surface area contributed by atoms with Gasteiger partial charge in [-0.25, -0.2) is 0 Å². The molecule has 4 heteroatoms. The molecule has 2 N–H and O–H groups in total. The first-order chi connectivity index (χ1) is 8.18. The number of hydrogen-bond donors (Lipinski definition) is 2. The standard InChI is InChI=1S/C13H17NO3/c1-2-17-11-6-4-3-5-10(11)14-9-13(7-8-13)12(15)16/h3-6,14H,2,7-9H2,1H3,(H,15,16). The summed E-state index contributed by atoms with van der Waals surface area (Å²) in [7, 11) is 0. The average Bonchev–Trinajstić information content (AvgIpc) is 3.09. The third kappa shape index (κ3) is 2.52. The Morgan fingerprint density at radius 2 is 2.18 bits per heavy atom. The van der Waals surface area contributed by atoms with E-state index in [1.807, 2.05) is 31.2 Å². The van der Waals surface area contributed by atoms with Crippen molar-refractivity contribution in [2.45, 2.75) is 19.8 Å². The summed E-state index contributed by atoms with van der Waals surface area (Å²) in [5, 5.41) is 12.3. The first-order valence-corrected chi connectivity index (χ1v) is 5.87. The fraction of sp³-hybridized carbons (Fsp3) is 0.462. The quantitative estimate of drug-likeness (QED) is 0.794. The Bertz CT molecular complexity index is 413. The highest BCUT2D eigenvalue weighted by atomic mass is 16.5. The highest BCUT2D eigenvalue weighted by molar-refractivity contribution is 5.78. The highest BCUT2D eigenvalue weighted by Gasteiger charge is 2.50. The molecular formula is C13H17NO3. The van der Waals surface area contributed by atoms with Gasteiger partial charge in [0.1, 0.15) is 5.75 Å². The maximum Gasteiger partial charge on any atom is 0.311 e. The Hall–Kier alpha value is -1.71. The van der Waals surface area contributed by atoms with Crippen LogP contribution in [-0.4, -0.2) is 24.2 Å². The predicted molar refractivity (Wildman–Crippen MR) is 65.4 cm³/mol. The topological polar surface area (TPSA) is 58.6 Å². The molecule has 0 radical (unpaired) electrons. The molecule has 0 bridgehead atoms. The molecule has 0 unspecified atom stereocenters. The lowest BCUT2D eigenvalue weighted by atomic mass is 10.1. The molecule has 0 aromatic heterocycles. The van der Waals surface area contributed by atoms with Gasteiger partial charge in [0.25, 0.3) is 0 Å². The van der Waals surface area contributed by atoms with E-state index in [0.717, 1.165) is 24.3 Å². The van der Waals surface area contributed by atoms with E-state index in [1.54, 1.807) is 0 Å². The van der Waals surface area contributed by atoms with Crippen LogP contribution in [0.1, 0.15) is 19.8 Å². The smallest absolute Gasteiger partial charge is 0.311 e. The first-order valence-electron chi connectivity index (χ1n) is 5.87. The van der Waals surface area contributed by atoms with Gasteiger partial charge in [0.2, 0.25) is 0 Å². The van der Waals surface area contributed by atoms with Gasteiger partial charge in [-0.3, -0.25) is 4.79 Å². The molecule has 1 aromatic rings. The van der Waals surface area contributed by atoms with Crippen molar-refractivity contribution in [3.05, 3.63) is 24.3 Å². The SMILES string of the molecule is CCOc1ccccc1NCC1(C(=O)O)CC1. The maximum absolute atomic E-state index is 11.0. The van der Waals surface area contributed by atoms with E-state index in [-0.39, 0.29) is 0 Å². The summed E-state index contributed by atoms with van der Waals surface area (Å²) in [6.07, 6.45) is 1.51. The van der Waals surface area contributed by atoms with Crippen LogP contribution in [0.2, 0.25) is 0 Å². The third-order valence-electron chi connectivity index (χ3n) is 3.11. The molecule has 92 valence electrons. The molecule has 17 heavy (non-hydrogen) atoms. The van der Waals surface area contributed by atoms with E-state index >= 15 is 0 Å². The van der Waals surface area contributed by atoms with Crippen LogP contribution in [0.3, 0.4) is 0 Å². The van der Waals surface area contributed by atoms with Crippen LogP contribution in [0.5, 0.6) is 5.75 Å². The molecule has 1 aliphatic rings. The summed E-state index contributed by atoms with van der Waals surface area (Å²) in [5.74, 6) is 0.0649. The summed E-state index contributed by atoms with van der Waals surface area (Å²) in [6.45, 7) is 2.99. The van der Waals surface area contributed by atoms with Crippen LogP contribution in [0.25, 0.3) is 0 Å². The second kappa shape index (κ2) is 4.65. The number of hydrogen-bond acceptors (Lipinski definition) is 3. The van der Waals surface area contributed by atoms with Crippen molar-refractivity contribution in [3.8, 4) is 5.75 Å². The molecule has 0 aliphatic heterocycles. The van der Waals surface area contributed by atoms with Gasteiger partial charge >= 0.3 is 5.97 Å². The van der Waals surface area contributed by atoms with E-state index in [9.17, 15) is 4.79 Å². The van der Waals surface area contributed by atoms with Crippen molar-refractivity contribution in [2.24, 2.45) is 5.41 Å². The number of benzene rings is 1. The van der Waals surface area contributed by atoms with Gasteiger partial charge < -0.3 is 15.2 Å². The number of anilines is 1. The molecule has 1 aromatic carbocycles. The first kappa shape index (κ1) is 11.8. The number of ether oxygens (including phenoxy) is 1. The van der Waals surface area contributed by atoms with Gasteiger partial charge in [0.15, 0.2) is 0 Å². The molecule has 1 aliphatic carbocycles. The van der Waals surface area contributed by atoms with Crippen LogP contribution in [0.15, 0.2) is 24.3 Å². The molecule has 4 nitrogen and oxygen atoms in total. The number of carboxylic acid groups (broad SMARTS) is 1. The summed E-state index contributed by atoms with van der Waals surface area (Å²) in [4.78, 5) is 11.0. The zero-order chi connectivity index (χ0) is 12.3. The Morgan fingerprint density at radius 3 is 2.76 bits per heavy atom. The van der Waals surface area contributed by atoms with Crippen molar-refractivity contribution in [3.63, 3.8) is 0 Å². The third-order valence-corrected chi connectivity index (χ3v) is 3.11. The molecule has 1 saturated carbocycles. The summed E-state index contributed by atoms with van der Waals surface area (Å²) < 4.78 is 5.47. The molecule has 2 rings (SSSR count). The number of nitrogens with one attached hydrogen (secondary N) is 1. The summed E-state index contributed by atoms with van der Waals surface area (Å²) >= 11 is 0. The Kier molecular flexibility index (Phi) is 3.22. The van der Waals surface area contributed by atoms with E-state index in [4.69, 9.17) is 9.84 Å². The fourth-order valence-corrected chi connectivity index (χ4v) is 1.78. The van der Waals surface area contributed by atoms with Crippen molar-refractivity contribution in [1.29, 1.82) is 0 Å². The number of carboxylic acids is 1. The van der Waals surface area contributed by atoms with E-state index in [0.29, 0.717) is 13.2 Å². The van der Waals surface area contributed by atoms with Crippen molar-refractivity contribution >= 4 is 11.7 Å². The Balaban J connectivity index is 2.01. The molecule has 0 spiro atoms. The molecule has 0 heterocycles. The van der Waals surface area contributed by atoms with Gasteiger partial charge in [-0.15, -0.1) is 0 Å². The minimum Gasteiger partial charge on any atom is -0.492 e. The van der Waals surface area contributed by atoms with Crippen molar-refractivity contribution in [2.75, 3.05) is 18.5 Å². The molecule has 0 atom stereocenters. The largest absolute Gasteiger partial charge is 0.492 e. The minimum absolute atomic E-state index is 0.465. The Morgan fingerprint density at radius 1 is 1.47 bits per heavy atom.